The van der Waals surface area contributed by atoms with Gasteiger partial charge in [-0.1, -0.05) is 13.0 Å². The van der Waals surface area contributed by atoms with Crippen LogP contribution < -0.4 is 15.4 Å². The van der Waals surface area contributed by atoms with Gasteiger partial charge in [-0.3, -0.25) is 4.90 Å². The van der Waals surface area contributed by atoms with Crippen LogP contribution in [0.5, 0.6) is 5.75 Å². The Bertz CT molecular complexity index is 426. The average molecular weight is 277 g/mol. The monoisotopic (exact) mass is 277 g/mol. The van der Waals surface area contributed by atoms with Crippen molar-refractivity contribution in [3.8, 4) is 5.75 Å². The smallest absolute Gasteiger partial charge is 0.125 e. The van der Waals surface area contributed by atoms with Crippen molar-refractivity contribution < 1.29 is 4.74 Å². The van der Waals surface area contributed by atoms with Gasteiger partial charge in [-0.15, -0.1) is 0 Å². The molecule has 4 nitrogen and oxygen atoms in total. The van der Waals surface area contributed by atoms with Crippen molar-refractivity contribution in [1.82, 2.24) is 4.90 Å². The predicted molar refractivity (Wildman–Crippen MR) is 84.5 cm³/mol. The van der Waals surface area contributed by atoms with Gasteiger partial charge in [0.05, 0.1) is 7.11 Å². The van der Waals surface area contributed by atoms with E-state index >= 15 is 0 Å². The Morgan fingerprint density at radius 1 is 1.25 bits per heavy atom. The van der Waals surface area contributed by atoms with E-state index in [9.17, 15) is 0 Å². The molecule has 1 saturated heterocycles. The molecule has 1 atom stereocenters. The molecule has 20 heavy (non-hydrogen) atoms. The van der Waals surface area contributed by atoms with Crippen molar-refractivity contribution in [1.29, 1.82) is 0 Å². The number of nitrogens with zero attached hydrogens (tertiary/aromatic N) is 2. The molecule has 2 N–H and O–H groups in total. The van der Waals surface area contributed by atoms with Gasteiger partial charge in [0.2, 0.25) is 0 Å². The average Bonchev–Trinajstić information content (AvgIpc) is 2.47. The molecule has 0 aliphatic carbocycles. The van der Waals surface area contributed by atoms with Gasteiger partial charge >= 0.3 is 0 Å². The zero-order chi connectivity index (χ0) is 14.5. The number of ether oxygens (including phenoxy) is 1. The minimum absolute atomic E-state index is 0.0187. The maximum absolute atomic E-state index is 6.16. The predicted octanol–water partition coefficient (Wildman–Crippen LogP) is 2.25. The fourth-order valence-corrected chi connectivity index (χ4v) is 2.97. The van der Waals surface area contributed by atoms with Crippen LogP contribution in [0.15, 0.2) is 18.2 Å². The minimum atomic E-state index is -0.0187. The molecular weight excluding hydrogens is 250 g/mol. The highest BCUT2D eigenvalue weighted by Gasteiger charge is 2.21. The first-order valence-electron chi connectivity index (χ1n) is 7.57. The number of hydrogen-bond acceptors (Lipinski definition) is 4. The van der Waals surface area contributed by atoms with Gasteiger partial charge in [0, 0.05) is 43.5 Å². The third kappa shape index (κ3) is 3.25. The highest BCUT2D eigenvalue weighted by Crippen LogP contribution is 2.34. The maximum Gasteiger partial charge on any atom is 0.125 e. The minimum Gasteiger partial charge on any atom is -0.496 e. The van der Waals surface area contributed by atoms with Crippen LogP contribution in [0, 0.1) is 0 Å². The topological polar surface area (TPSA) is 41.7 Å². The molecule has 0 spiro atoms. The number of rotatable bonds is 5. The highest BCUT2D eigenvalue weighted by atomic mass is 16.5. The quantitative estimate of drug-likeness (QED) is 0.896. The summed E-state index contributed by atoms with van der Waals surface area (Å²) in [5.41, 5.74) is 8.51. The first-order valence-corrected chi connectivity index (χ1v) is 7.57. The van der Waals surface area contributed by atoms with Crippen LogP contribution >= 0.6 is 0 Å². The highest BCUT2D eigenvalue weighted by molar-refractivity contribution is 5.61. The molecule has 1 heterocycles. The molecule has 1 aromatic carbocycles. The molecule has 1 aromatic rings. The summed E-state index contributed by atoms with van der Waals surface area (Å²) >= 11 is 0. The van der Waals surface area contributed by atoms with Gasteiger partial charge in [-0.2, -0.15) is 0 Å². The van der Waals surface area contributed by atoms with E-state index in [4.69, 9.17) is 10.5 Å². The number of benzene rings is 1. The lowest BCUT2D eigenvalue weighted by atomic mass is 10.0. The van der Waals surface area contributed by atoms with Crippen LogP contribution in [-0.4, -0.2) is 44.7 Å². The summed E-state index contributed by atoms with van der Waals surface area (Å²) in [5.74, 6) is 0.897. The van der Waals surface area contributed by atoms with Crippen molar-refractivity contribution in [2.24, 2.45) is 5.73 Å². The van der Waals surface area contributed by atoms with Crippen LogP contribution in [0.25, 0.3) is 0 Å². The molecule has 0 unspecified atom stereocenters. The third-order valence-corrected chi connectivity index (χ3v) is 3.97. The number of hydrogen-bond donors (Lipinski definition) is 1. The first-order chi connectivity index (χ1) is 9.67. The summed E-state index contributed by atoms with van der Waals surface area (Å²) in [7, 11) is 1.71. The number of nitrogens with two attached hydrogens (primary N) is 1. The van der Waals surface area contributed by atoms with Gasteiger partial charge in [-0.25, -0.2) is 0 Å². The lowest BCUT2D eigenvalue weighted by Gasteiger charge is -2.37. The summed E-state index contributed by atoms with van der Waals surface area (Å²) in [6.45, 7) is 9.84. The van der Waals surface area contributed by atoms with Gasteiger partial charge in [0.1, 0.15) is 5.75 Å². The number of anilines is 1. The van der Waals surface area contributed by atoms with Crippen molar-refractivity contribution in [3.05, 3.63) is 23.8 Å². The Hall–Kier alpha value is -1.26. The van der Waals surface area contributed by atoms with Gasteiger partial charge in [0.25, 0.3) is 0 Å². The van der Waals surface area contributed by atoms with E-state index in [1.165, 1.54) is 18.7 Å². The van der Waals surface area contributed by atoms with Crippen LogP contribution in [0.4, 0.5) is 5.69 Å². The molecule has 0 bridgehead atoms. The number of methoxy groups -OCH3 is 1. The SMILES string of the molecule is CCCN1CCN(c2cccc(OC)c2[C@@H](C)N)CC1. The molecule has 112 valence electrons. The van der Waals surface area contributed by atoms with E-state index < -0.39 is 0 Å². The zero-order valence-electron chi connectivity index (χ0n) is 12.9. The van der Waals surface area contributed by atoms with Gasteiger partial charge < -0.3 is 15.4 Å². The van der Waals surface area contributed by atoms with E-state index in [2.05, 4.69) is 28.9 Å². The Morgan fingerprint density at radius 3 is 2.50 bits per heavy atom. The van der Waals surface area contributed by atoms with Crippen molar-refractivity contribution in [2.75, 3.05) is 44.7 Å². The molecular formula is C16H27N3O. The Morgan fingerprint density at radius 2 is 1.95 bits per heavy atom. The van der Waals surface area contributed by atoms with E-state index in [0.29, 0.717) is 0 Å². The fourth-order valence-electron chi connectivity index (χ4n) is 2.97. The molecule has 1 fully saturated rings. The second-order valence-electron chi connectivity index (χ2n) is 5.51. The second-order valence-corrected chi connectivity index (χ2v) is 5.51. The van der Waals surface area contributed by atoms with E-state index in [1.54, 1.807) is 7.11 Å². The normalized spacial score (nSPS) is 18.1. The Labute approximate surface area is 122 Å². The molecule has 1 aliphatic rings. The summed E-state index contributed by atoms with van der Waals surface area (Å²) in [6.07, 6.45) is 1.23. The number of piperazine rings is 1. The van der Waals surface area contributed by atoms with Crippen LogP contribution in [-0.2, 0) is 0 Å². The Kier molecular flexibility index (Phi) is 5.26. The molecule has 0 amide bonds. The van der Waals surface area contributed by atoms with Crippen molar-refractivity contribution in [2.45, 2.75) is 26.3 Å². The van der Waals surface area contributed by atoms with Crippen LogP contribution in [0.2, 0.25) is 0 Å². The maximum atomic E-state index is 6.16. The molecule has 0 radical (unpaired) electrons. The summed E-state index contributed by atoms with van der Waals surface area (Å²) in [5, 5.41) is 0. The van der Waals surface area contributed by atoms with Gasteiger partial charge in [-0.05, 0) is 32.0 Å². The molecule has 4 heteroatoms. The van der Waals surface area contributed by atoms with Crippen LogP contribution in [0.1, 0.15) is 31.9 Å². The third-order valence-electron chi connectivity index (χ3n) is 3.97. The fraction of sp³-hybridized carbons (Fsp3) is 0.625. The first kappa shape index (κ1) is 15.1. The summed E-state index contributed by atoms with van der Waals surface area (Å²) in [4.78, 5) is 4.97. The van der Waals surface area contributed by atoms with Crippen molar-refractivity contribution >= 4 is 5.69 Å². The molecule has 0 aromatic heterocycles. The van der Waals surface area contributed by atoms with Crippen LogP contribution in [0.3, 0.4) is 0 Å². The second kappa shape index (κ2) is 6.95. The Balaban J connectivity index is 2.17. The summed E-state index contributed by atoms with van der Waals surface area (Å²) in [6, 6.07) is 6.19. The molecule has 2 rings (SSSR count). The van der Waals surface area contributed by atoms with E-state index in [-0.39, 0.29) is 6.04 Å². The lowest BCUT2D eigenvalue weighted by molar-refractivity contribution is 0.258. The van der Waals surface area contributed by atoms with E-state index in [0.717, 1.165) is 37.5 Å². The standard InChI is InChI=1S/C16H27N3O/c1-4-8-18-9-11-19(12-10-18)14-6-5-7-15(20-3)16(14)13(2)17/h5-7,13H,4,8-12,17H2,1-3H3/t13-/m1/s1. The largest absolute Gasteiger partial charge is 0.496 e. The van der Waals surface area contributed by atoms with Crippen molar-refractivity contribution in [3.63, 3.8) is 0 Å². The molecule has 1 aliphatic heterocycles. The van der Waals surface area contributed by atoms with Gasteiger partial charge in [0.15, 0.2) is 0 Å². The lowest BCUT2D eigenvalue weighted by Crippen LogP contribution is -2.47. The van der Waals surface area contributed by atoms with E-state index in [1.807, 2.05) is 13.0 Å². The summed E-state index contributed by atoms with van der Waals surface area (Å²) < 4.78 is 5.48. The zero-order valence-corrected chi connectivity index (χ0v) is 12.9. The molecule has 0 saturated carbocycles.